The Bertz CT molecular complexity index is 7410. The highest BCUT2D eigenvalue weighted by Crippen LogP contribution is 2.51. The zero-order valence-electron chi connectivity index (χ0n) is 73.1. The number of benzene rings is 16. The first kappa shape index (κ1) is 81.0. The number of para-hydroxylation sites is 5. The third-order valence-electron chi connectivity index (χ3n) is 26.3. The third-order valence-corrected chi connectivity index (χ3v) is 32.2. The van der Waals surface area contributed by atoms with Crippen LogP contribution >= 0.6 is 22.7 Å². The van der Waals surface area contributed by atoms with E-state index in [2.05, 4.69) is 430 Å². The summed E-state index contributed by atoms with van der Waals surface area (Å²) in [6.07, 6.45) is 0. The maximum absolute atomic E-state index is 5.86. The molecule has 2 aliphatic rings. The molecule has 6 heteroatoms. The van der Waals surface area contributed by atoms with Gasteiger partial charge < -0.3 is 13.6 Å². The molecule has 21 aromatic rings. The molecule has 0 radical (unpaired) electrons. The lowest BCUT2D eigenvalue weighted by molar-refractivity contribution is 0.655. The fraction of sp³-hybridized carbons (Fsp3) is 0.165. The zero-order chi connectivity index (χ0) is 84.4. The normalized spacial score (nSPS) is 12.5. The Morgan fingerprint density at radius 2 is 0.736 bits per heavy atom. The van der Waals surface area contributed by atoms with Crippen LogP contribution in [0.25, 0.3) is 140 Å². The highest BCUT2D eigenvalue weighted by molar-refractivity contribution is 7.26. The van der Waals surface area contributed by atoms with Gasteiger partial charge in [-0.2, -0.15) is 0 Å². The van der Waals surface area contributed by atoms with E-state index < -0.39 is 8.07 Å². The minimum atomic E-state index is -1.44. The second-order valence-electron chi connectivity index (χ2n) is 34.5. The number of rotatable bonds is 2. The first-order valence-corrected chi connectivity index (χ1v) is 47.2. The Kier molecular flexibility index (Phi) is 22.0. The standard InChI is InChI=1S/2C20H17N.C17H18.C16H18Si.C14H12O.2C14H12S/c1-14-12-18-17-10-6-7-11-19(17)21(20(18)13-15(14)2)16-8-4-3-5-9-16;1-14-12-13-18-17-10-6-7-11-19(17)21(20(18)15(14)2)16-8-4-3-5-9-16;1-11-9-10-14-13-7-5-6-8-15(13)17(3,4)16(14)12(11)2;1-11-9-14-13-7-5-6-8-15(13)17(3,4)16(14)10-12(11)2;1-9-7-8-12-11-5-3-4-6-13(11)15-14(12)10(9)2;1-9-7-12-11-5-3-4-6-13(11)15-14(12)8-10(9)2;1-9-7-8-12-11-5-3-4-6-13(11)15-14(12)10(9)2/h2*3-13H,1-2H3;2*5-10H,1-4H3;3*3-8H,1-2H3. The van der Waals surface area contributed by atoms with Crippen molar-refractivity contribution in [3.05, 3.63) is 404 Å². The number of fused-ring (bicyclic) bond motifs is 21. The van der Waals surface area contributed by atoms with E-state index in [1.165, 1.54) is 217 Å². The molecule has 0 fully saturated rings. The molecule has 598 valence electrons. The predicted octanol–water partition coefficient (Wildman–Crippen LogP) is 32.1. The minimum absolute atomic E-state index is 0.141. The summed E-state index contributed by atoms with van der Waals surface area (Å²) in [7, 11) is -1.44. The molecule has 1 aliphatic carbocycles. The van der Waals surface area contributed by atoms with Crippen LogP contribution in [0.4, 0.5) is 0 Å². The van der Waals surface area contributed by atoms with Gasteiger partial charge >= 0.3 is 0 Å². The lowest BCUT2D eigenvalue weighted by Gasteiger charge is -2.24. The summed E-state index contributed by atoms with van der Waals surface area (Å²) < 4.78 is 16.2. The van der Waals surface area contributed by atoms with Crippen molar-refractivity contribution in [2.24, 2.45) is 0 Å². The van der Waals surface area contributed by atoms with Crippen molar-refractivity contribution in [3.8, 4) is 33.6 Å². The fourth-order valence-electron chi connectivity index (χ4n) is 18.5. The van der Waals surface area contributed by atoms with E-state index in [1.807, 2.05) is 40.9 Å². The Hall–Kier alpha value is -12.4. The van der Waals surface area contributed by atoms with Crippen molar-refractivity contribution < 1.29 is 4.42 Å². The molecule has 0 bridgehead atoms. The molecule has 0 amide bonds. The van der Waals surface area contributed by atoms with Gasteiger partial charge in [0.05, 0.1) is 22.1 Å². The molecule has 0 saturated carbocycles. The van der Waals surface area contributed by atoms with Gasteiger partial charge in [0.2, 0.25) is 0 Å². The predicted molar refractivity (Wildman–Crippen MR) is 533 cm³/mol. The van der Waals surface area contributed by atoms with E-state index >= 15 is 0 Å². The lowest BCUT2D eigenvalue weighted by atomic mass is 9.79. The number of aryl methyl sites for hydroxylation is 13. The molecular weight excluding hydrogens is 1520 g/mol. The summed E-state index contributed by atoms with van der Waals surface area (Å²) >= 11 is 3.79. The van der Waals surface area contributed by atoms with Gasteiger partial charge in [0.1, 0.15) is 19.2 Å². The van der Waals surface area contributed by atoms with Crippen molar-refractivity contribution in [1.29, 1.82) is 0 Å². The smallest absolute Gasteiger partial charge is 0.138 e. The maximum Gasteiger partial charge on any atom is 0.138 e. The van der Waals surface area contributed by atoms with Crippen LogP contribution in [-0.2, 0) is 5.41 Å². The van der Waals surface area contributed by atoms with Crippen molar-refractivity contribution in [3.63, 3.8) is 0 Å². The molecule has 1 aliphatic heterocycles. The molecule has 16 aromatic carbocycles. The van der Waals surface area contributed by atoms with Gasteiger partial charge in [-0.25, -0.2) is 0 Å². The summed E-state index contributed by atoms with van der Waals surface area (Å²) in [6.45, 7) is 40.2. The van der Waals surface area contributed by atoms with Gasteiger partial charge in [0, 0.05) is 89.5 Å². The van der Waals surface area contributed by atoms with Gasteiger partial charge in [-0.15, -0.1) is 22.7 Å². The molecule has 3 nitrogen and oxygen atoms in total. The summed E-state index contributed by atoms with van der Waals surface area (Å²) in [6, 6.07) is 113. The van der Waals surface area contributed by atoms with E-state index in [4.69, 9.17) is 4.42 Å². The van der Waals surface area contributed by atoms with Gasteiger partial charge in [0.15, 0.2) is 0 Å². The number of hydrogen-bond acceptors (Lipinski definition) is 3. The number of furan rings is 1. The van der Waals surface area contributed by atoms with E-state index in [1.54, 1.807) is 10.4 Å². The van der Waals surface area contributed by atoms with E-state index in [0.29, 0.717) is 0 Å². The largest absolute Gasteiger partial charge is 0.456 e. The first-order chi connectivity index (χ1) is 58.4. The van der Waals surface area contributed by atoms with Gasteiger partial charge in [-0.05, 0) is 297 Å². The van der Waals surface area contributed by atoms with Gasteiger partial charge in [-0.1, -0.05) is 264 Å². The molecule has 5 aromatic heterocycles. The Labute approximate surface area is 722 Å². The Balaban J connectivity index is 0.000000101. The molecule has 0 saturated heterocycles. The molecular formula is C115H106N2OS2Si. The van der Waals surface area contributed by atoms with Crippen LogP contribution in [0.2, 0.25) is 13.1 Å². The zero-order valence-corrected chi connectivity index (χ0v) is 75.8. The van der Waals surface area contributed by atoms with Crippen LogP contribution < -0.4 is 10.4 Å². The van der Waals surface area contributed by atoms with Crippen LogP contribution in [0.1, 0.15) is 103 Å². The van der Waals surface area contributed by atoms with Crippen LogP contribution in [0.5, 0.6) is 0 Å². The monoisotopic (exact) mass is 1620 g/mol. The first-order valence-electron chi connectivity index (χ1n) is 42.5. The van der Waals surface area contributed by atoms with Crippen molar-refractivity contribution >= 4 is 147 Å². The quantitative estimate of drug-likeness (QED) is 0.158. The Morgan fingerprint density at radius 1 is 0.273 bits per heavy atom. The van der Waals surface area contributed by atoms with Gasteiger partial charge in [-0.3, -0.25) is 0 Å². The minimum Gasteiger partial charge on any atom is -0.456 e. The van der Waals surface area contributed by atoms with Crippen LogP contribution in [-0.4, -0.2) is 17.2 Å². The number of hydrogen-bond donors (Lipinski definition) is 0. The molecule has 0 unspecified atom stereocenters. The third kappa shape index (κ3) is 14.8. The van der Waals surface area contributed by atoms with E-state index in [-0.39, 0.29) is 5.41 Å². The molecule has 23 rings (SSSR count). The molecule has 121 heavy (non-hydrogen) atoms. The number of thiophene rings is 2. The van der Waals surface area contributed by atoms with Crippen molar-refractivity contribution in [2.75, 3.05) is 0 Å². The summed E-state index contributed by atoms with van der Waals surface area (Å²) in [4.78, 5) is 0. The van der Waals surface area contributed by atoms with Crippen LogP contribution in [0.3, 0.4) is 0 Å². The van der Waals surface area contributed by atoms with Gasteiger partial charge in [0.25, 0.3) is 0 Å². The maximum atomic E-state index is 5.86. The average molecular weight is 1620 g/mol. The van der Waals surface area contributed by atoms with Crippen LogP contribution in [0, 0.1) is 96.9 Å². The second-order valence-corrected chi connectivity index (χ2v) is 40.9. The van der Waals surface area contributed by atoms with Crippen LogP contribution in [0.15, 0.2) is 320 Å². The second kappa shape index (κ2) is 32.9. The van der Waals surface area contributed by atoms with E-state index in [9.17, 15) is 0 Å². The molecule has 0 N–H and O–H groups in total. The molecule has 0 spiro atoms. The fourth-order valence-corrected chi connectivity index (χ4v) is 24.1. The highest BCUT2D eigenvalue weighted by Gasteiger charge is 2.38. The highest BCUT2D eigenvalue weighted by atomic mass is 32.1. The summed E-state index contributed by atoms with van der Waals surface area (Å²) in [5.74, 6) is 0. The number of aromatic nitrogens is 2. The van der Waals surface area contributed by atoms with E-state index in [0.717, 1.165) is 11.2 Å². The topological polar surface area (TPSA) is 23.0 Å². The summed E-state index contributed by atoms with van der Waals surface area (Å²) in [5.41, 5.74) is 37.6. The lowest BCUT2D eigenvalue weighted by Crippen LogP contribution is -2.49. The molecule has 6 heterocycles. The summed E-state index contributed by atoms with van der Waals surface area (Å²) in [5, 5.41) is 16.5. The van der Waals surface area contributed by atoms with Crippen molar-refractivity contribution in [2.45, 2.75) is 129 Å². The Morgan fingerprint density at radius 3 is 1.41 bits per heavy atom. The molecule has 0 atom stereocenters. The average Bonchev–Trinajstić information content (AvgIpc) is 1.57. The SMILES string of the molecule is Cc1cc2c(cc1C)[Si](C)(C)c1ccccc1-2.Cc1cc2c3ccccc3n(-c3ccccc3)c2cc1C.Cc1cc2sc3ccccc3c2cc1C.Cc1ccc2c(c1C)C(C)(C)c1ccccc1-2.Cc1ccc2c(oc3ccccc32)c1C.Cc1ccc2c(sc3ccccc32)c1C.Cc1ccc2c3ccccc3n(-c3ccccc3)c2c1C. The number of nitrogens with zero attached hydrogens (tertiary/aromatic N) is 2. The van der Waals surface area contributed by atoms with Crippen molar-refractivity contribution in [1.82, 2.24) is 9.13 Å².